The van der Waals surface area contributed by atoms with Gasteiger partial charge in [-0.25, -0.2) is 4.39 Å². The molecule has 2 rings (SSSR count). The molecule has 84 valence electrons. The molecule has 16 heavy (non-hydrogen) atoms. The fourth-order valence-electron chi connectivity index (χ4n) is 1.71. The number of rotatable bonds is 3. The molecule has 1 aromatic carbocycles. The van der Waals surface area contributed by atoms with Gasteiger partial charge < -0.3 is 5.32 Å². The van der Waals surface area contributed by atoms with Crippen LogP contribution in [0.2, 0.25) is 0 Å². The van der Waals surface area contributed by atoms with Crippen LogP contribution in [0.1, 0.15) is 17.5 Å². The first-order valence-corrected chi connectivity index (χ1v) is 6.44. The molecule has 1 aliphatic rings. The van der Waals surface area contributed by atoms with Crippen LogP contribution in [0.25, 0.3) is 0 Å². The van der Waals surface area contributed by atoms with Gasteiger partial charge in [-0.1, -0.05) is 6.07 Å². The summed E-state index contributed by atoms with van der Waals surface area (Å²) in [6.07, 6.45) is 1.16. The van der Waals surface area contributed by atoms with E-state index in [1.807, 2.05) is 17.8 Å². The normalized spacial score (nSPS) is 19.6. The first-order chi connectivity index (χ1) is 7.79. The van der Waals surface area contributed by atoms with Crippen LogP contribution >= 0.6 is 11.8 Å². The molecule has 1 saturated heterocycles. The maximum atomic E-state index is 13.5. The van der Waals surface area contributed by atoms with Crippen molar-refractivity contribution in [2.45, 2.75) is 19.0 Å². The lowest BCUT2D eigenvalue weighted by molar-refractivity contribution is 0.534. The van der Waals surface area contributed by atoms with Crippen LogP contribution in [0, 0.1) is 17.1 Å². The lowest BCUT2D eigenvalue weighted by Crippen LogP contribution is -2.28. The second kappa shape index (κ2) is 5.33. The molecule has 0 spiro atoms. The summed E-state index contributed by atoms with van der Waals surface area (Å²) in [6.45, 7) is 0.544. The third kappa shape index (κ3) is 2.75. The van der Waals surface area contributed by atoms with Crippen LogP contribution < -0.4 is 5.32 Å². The van der Waals surface area contributed by atoms with Crippen LogP contribution in [0.5, 0.6) is 0 Å². The van der Waals surface area contributed by atoms with E-state index in [-0.39, 0.29) is 5.82 Å². The van der Waals surface area contributed by atoms with Crippen LogP contribution in [0.4, 0.5) is 4.39 Å². The van der Waals surface area contributed by atoms with Crippen LogP contribution in [-0.2, 0) is 6.54 Å². The van der Waals surface area contributed by atoms with Crippen molar-refractivity contribution in [3.05, 3.63) is 35.1 Å². The van der Waals surface area contributed by atoms with E-state index in [4.69, 9.17) is 5.26 Å². The fourth-order valence-corrected chi connectivity index (χ4v) is 2.90. The van der Waals surface area contributed by atoms with Crippen molar-refractivity contribution in [1.29, 1.82) is 5.26 Å². The van der Waals surface area contributed by atoms with E-state index in [2.05, 4.69) is 5.32 Å². The summed E-state index contributed by atoms with van der Waals surface area (Å²) in [4.78, 5) is 0. The average molecular weight is 236 g/mol. The van der Waals surface area contributed by atoms with E-state index in [0.29, 0.717) is 23.7 Å². The first-order valence-electron chi connectivity index (χ1n) is 5.29. The van der Waals surface area contributed by atoms with Gasteiger partial charge in [0.25, 0.3) is 0 Å². The molecule has 0 amide bonds. The summed E-state index contributed by atoms with van der Waals surface area (Å²) in [5, 5.41) is 12.0. The Morgan fingerprint density at radius 1 is 1.56 bits per heavy atom. The predicted octanol–water partition coefficient (Wildman–Crippen LogP) is 2.29. The molecule has 0 radical (unpaired) electrons. The van der Waals surface area contributed by atoms with Gasteiger partial charge in [0.05, 0.1) is 11.6 Å². The number of nitrogens with zero attached hydrogens (tertiary/aromatic N) is 1. The summed E-state index contributed by atoms with van der Waals surface area (Å²) < 4.78 is 13.5. The van der Waals surface area contributed by atoms with Crippen molar-refractivity contribution in [1.82, 2.24) is 5.32 Å². The molecule has 1 atom stereocenters. The van der Waals surface area contributed by atoms with Crippen LogP contribution in [0.15, 0.2) is 18.2 Å². The van der Waals surface area contributed by atoms with E-state index in [0.717, 1.165) is 12.2 Å². The zero-order valence-corrected chi connectivity index (χ0v) is 9.69. The predicted molar refractivity (Wildman–Crippen MR) is 63.7 cm³/mol. The van der Waals surface area contributed by atoms with E-state index in [1.165, 1.54) is 11.8 Å². The number of nitriles is 1. The summed E-state index contributed by atoms with van der Waals surface area (Å²) >= 11 is 1.93. The molecule has 2 nitrogen and oxygen atoms in total. The van der Waals surface area contributed by atoms with Gasteiger partial charge in [0, 0.05) is 23.9 Å². The maximum absolute atomic E-state index is 13.5. The Bertz CT molecular complexity index is 408. The van der Waals surface area contributed by atoms with Gasteiger partial charge in [-0.05, 0) is 24.3 Å². The fraction of sp³-hybridized carbons (Fsp3) is 0.417. The molecule has 0 aromatic heterocycles. The van der Waals surface area contributed by atoms with Gasteiger partial charge in [-0.15, -0.1) is 0 Å². The lowest BCUT2D eigenvalue weighted by Gasteiger charge is -2.11. The molecule has 1 heterocycles. The van der Waals surface area contributed by atoms with Crippen molar-refractivity contribution >= 4 is 11.8 Å². The minimum absolute atomic E-state index is 0.294. The standard InChI is InChI=1S/C12H13FN2S/c13-12-5-9(6-14)1-2-10(12)7-15-11-3-4-16-8-11/h1-2,5,11,15H,3-4,7-8H2. The Labute approximate surface area is 98.8 Å². The minimum Gasteiger partial charge on any atom is -0.309 e. The number of thioether (sulfide) groups is 1. The Hall–Kier alpha value is -1.05. The molecule has 0 saturated carbocycles. The molecule has 4 heteroatoms. The zero-order chi connectivity index (χ0) is 11.4. The molecule has 1 aromatic rings. The quantitative estimate of drug-likeness (QED) is 0.874. The third-order valence-electron chi connectivity index (χ3n) is 2.69. The minimum atomic E-state index is -0.294. The molecular formula is C12H13FN2S. The number of benzene rings is 1. The van der Waals surface area contributed by atoms with Gasteiger partial charge in [0.15, 0.2) is 0 Å². The smallest absolute Gasteiger partial charge is 0.129 e. The highest BCUT2D eigenvalue weighted by Crippen LogP contribution is 2.18. The topological polar surface area (TPSA) is 35.8 Å². The maximum Gasteiger partial charge on any atom is 0.129 e. The van der Waals surface area contributed by atoms with Gasteiger partial charge in [-0.3, -0.25) is 0 Å². The second-order valence-electron chi connectivity index (χ2n) is 3.86. The average Bonchev–Trinajstić information content (AvgIpc) is 2.80. The molecular weight excluding hydrogens is 223 g/mol. The molecule has 1 aliphatic heterocycles. The Balaban J connectivity index is 1.96. The van der Waals surface area contributed by atoms with E-state index in [9.17, 15) is 4.39 Å². The Kier molecular flexibility index (Phi) is 3.81. The number of hydrogen-bond donors (Lipinski definition) is 1. The van der Waals surface area contributed by atoms with Gasteiger partial charge in [-0.2, -0.15) is 17.0 Å². The van der Waals surface area contributed by atoms with Crippen LogP contribution in [0.3, 0.4) is 0 Å². The number of nitrogens with one attached hydrogen (secondary N) is 1. The van der Waals surface area contributed by atoms with Gasteiger partial charge >= 0.3 is 0 Å². The summed E-state index contributed by atoms with van der Waals surface area (Å²) in [7, 11) is 0. The highest BCUT2D eigenvalue weighted by atomic mass is 32.2. The molecule has 1 N–H and O–H groups in total. The van der Waals surface area contributed by atoms with Crippen molar-refractivity contribution in [2.75, 3.05) is 11.5 Å². The first kappa shape index (κ1) is 11.4. The Morgan fingerprint density at radius 3 is 3.06 bits per heavy atom. The third-order valence-corrected chi connectivity index (χ3v) is 3.86. The largest absolute Gasteiger partial charge is 0.309 e. The zero-order valence-electron chi connectivity index (χ0n) is 8.87. The van der Waals surface area contributed by atoms with Crippen molar-refractivity contribution < 1.29 is 4.39 Å². The van der Waals surface area contributed by atoms with E-state index in [1.54, 1.807) is 12.1 Å². The van der Waals surface area contributed by atoms with Crippen molar-refractivity contribution in [2.24, 2.45) is 0 Å². The van der Waals surface area contributed by atoms with Crippen LogP contribution in [-0.4, -0.2) is 17.5 Å². The molecule has 0 bridgehead atoms. The summed E-state index contributed by atoms with van der Waals surface area (Å²) in [5.41, 5.74) is 1.01. The highest BCUT2D eigenvalue weighted by Gasteiger charge is 2.15. The number of hydrogen-bond acceptors (Lipinski definition) is 3. The molecule has 1 unspecified atom stereocenters. The number of halogens is 1. The summed E-state index contributed by atoms with van der Waals surface area (Å²) in [5.74, 6) is 2.00. The lowest BCUT2D eigenvalue weighted by atomic mass is 10.1. The molecule has 1 fully saturated rings. The van der Waals surface area contributed by atoms with Crippen molar-refractivity contribution in [3.8, 4) is 6.07 Å². The highest BCUT2D eigenvalue weighted by molar-refractivity contribution is 7.99. The summed E-state index contributed by atoms with van der Waals surface area (Å²) in [6, 6.07) is 7.06. The van der Waals surface area contributed by atoms with Crippen molar-refractivity contribution in [3.63, 3.8) is 0 Å². The monoisotopic (exact) mass is 236 g/mol. The second-order valence-corrected chi connectivity index (χ2v) is 5.01. The Morgan fingerprint density at radius 2 is 2.44 bits per heavy atom. The van der Waals surface area contributed by atoms with E-state index >= 15 is 0 Å². The van der Waals surface area contributed by atoms with Gasteiger partial charge in [0.1, 0.15) is 5.82 Å². The molecule has 0 aliphatic carbocycles. The SMILES string of the molecule is N#Cc1ccc(CNC2CCSC2)c(F)c1. The van der Waals surface area contributed by atoms with Gasteiger partial charge in [0.2, 0.25) is 0 Å². The van der Waals surface area contributed by atoms with E-state index < -0.39 is 0 Å².